The number of halogens is 2. The van der Waals surface area contributed by atoms with Crippen LogP contribution in [0.3, 0.4) is 0 Å². The molecule has 2 saturated heterocycles. The van der Waals surface area contributed by atoms with E-state index in [4.69, 9.17) is 31.0 Å². The number of piperidine rings is 2. The van der Waals surface area contributed by atoms with Gasteiger partial charge in [0, 0.05) is 44.6 Å². The lowest BCUT2D eigenvalue weighted by Gasteiger charge is -2.32. The van der Waals surface area contributed by atoms with E-state index in [1.54, 1.807) is 12.1 Å². The lowest BCUT2D eigenvalue weighted by Crippen LogP contribution is -2.40. The van der Waals surface area contributed by atoms with Crippen LogP contribution in [0.4, 0.5) is 0 Å². The molecule has 0 atom stereocenters. The molecule has 2 aliphatic rings. The number of imidazole rings is 1. The van der Waals surface area contributed by atoms with Gasteiger partial charge in [0.1, 0.15) is 42.4 Å². The van der Waals surface area contributed by atoms with Crippen LogP contribution in [0, 0.1) is 10.8 Å². The van der Waals surface area contributed by atoms with Crippen LogP contribution in [-0.2, 0) is 17.9 Å². The van der Waals surface area contributed by atoms with Crippen molar-refractivity contribution in [2.24, 2.45) is 5.73 Å². The fourth-order valence-electron chi connectivity index (χ4n) is 5.28. The van der Waals surface area contributed by atoms with Crippen molar-refractivity contribution < 1.29 is 14.3 Å². The first-order valence-corrected chi connectivity index (χ1v) is 13.7. The van der Waals surface area contributed by atoms with E-state index in [-0.39, 0.29) is 55.8 Å². The van der Waals surface area contributed by atoms with Crippen LogP contribution in [0.15, 0.2) is 42.5 Å². The zero-order valence-corrected chi connectivity index (χ0v) is 24.9. The Balaban J connectivity index is 0.00000231. The summed E-state index contributed by atoms with van der Waals surface area (Å²) < 4.78 is 14.2. The third-order valence-corrected chi connectivity index (χ3v) is 7.55. The smallest absolute Gasteiger partial charge is 0.242 e. The molecule has 1 aromatic heterocycles. The van der Waals surface area contributed by atoms with E-state index in [0.29, 0.717) is 28.5 Å². The maximum absolute atomic E-state index is 13.1. The molecule has 10 nitrogen and oxygen atoms in total. The molecule has 5 rings (SSSR count). The van der Waals surface area contributed by atoms with Crippen LogP contribution in [0.1, 0.15) is 50.4 Å². The Bertz CT molecular complexity index is 1350. The Morgan fingerprint density at radius 3 is 2.24 bits per heavy atom. The Kier molecular flexibility index (Phi) is 11.3. The van der Waals surface area contributed by atoms with E-state index in [9.17, 15) is 4.79 Å². The van der Waals surface area contributed by atoms with Gasteiger partial charge >= 0.3 is 0 Å². The van der Waals surface area contributed by atoms with Crippen molar-refractivity contribution in [1.82, 2.24) is 19.4 Å². The van der Waals surface area contributed by atoms with Crippen LogP contribution in [0.2, 0.25) is 0 Å². The van der Waals surface area contributed by atoms with Crippen molar-refractivity contribution in [2.45, 2.75) is 58.3 Å². The third-order valence-electron chi connectivity index (χ3n) is 7.55. The largest absolute Gasteiger partial charge is 0.490 e. The quantitative estimate of drug-likeness (QED) is 0.254. The molecule has 1 amide bonds. The number of hydrogen-bond donors (Lipinski definition) is 3. The predicted molar refractivity (Wildman–Crippen MR) is 165 cm³/mol. The fraction of sp³-hybridized carbons (Fsp3) is 0.448. The monoisotopic (exact) mass is 603 g/mol. The molecule has 3 heterocycles. The van der Waals surface area contributed by atoms with Crippen molar-refractivity contribution >= 4 is 53.4 Å². The Morgan fingerprint density at radius 1 is 0.951 bits per heavy atom. The number of amides is 1. The van der Waals surface area contributed by atoms with Gasteiger partial charge < -0.3 is 29.6 Å². The first-order valence-electron chi connectivity index (χ1n) is 13.7. The summed E-state index contributed by atoms with van der Waals surface area (Å²) >= 11 is 0. The van der Waals surface area contributed by atoms with Gasteiger partial charge in [-0.3, -0.25) is 15.6 Å². The topological polar surface area (TPSA) is 134 Å². The molecular weight excluding hydrogens is 565 g/mol. The lowest BCUT2D eigenvalue weighted by atomic mass is 10.1. The second-order valence-electron chi connectivity index (χ2n) is 10.3. The van der Waals surface area contributed by atoms with E-state index in [0.717, 1.165) is 69.5 Å². The van der Waals surface area contributed by atoms with Gasteiger partial charge in [0.15, 0.2) is 0 Å². The van der Waals surface area contributed by atoms with Gasteiger partial charge in [-0.2, -0.15) is 0 Å². The molecule has 3 aromatic rings. The molecule has 12 heteroatoms. The molecule has 0 bridgehead atoms. The van der Waals surface area contributed by atoms with Crippen LogP contribution in [-0.4, -0.2) is 69.2 Å². The molecule has 0 spiro atoms. The number of nitrogens with one attached hydrogen (secondary N) is 2. The van der Waals surface area contributed by atoms with E-state index in [1.165, 1.54) is 0 Å². The van der Waals surface area contributed by atoms with Crippen molar-refractivity contribution in [2.75, 3.05) is 26.2 Å². The summed E-state index contributed by atoms with van der Waals surface area (Å²) in [5.74, 6) is 2.79. The molecule has 0 aliphatic carbocycles. The zero-order chi connectivity index (χ0) is 27.4. The minimum atomic E-state index is -0.0219. The number of likely N-dealkylation sites (tertiary alicyclic amines) is 2. The number of nitrogens with two attached hydrogens (primary N) is 1. The SMILES string of the molecule is CC(=N)N1CCC(Oc2ccc(OCc3nc4cc(C(=N)N)ccc4n3CC(=O)N3CCCCC3)cc2)CC1.Cl.Cl. The number of benzene rings is 2. The molecule has 2 aliphatic heterocycles. The Hall–Kier alpha value is -3.50. The van der Waals surface area contributed by atoms with Crippen molar-refractivity contribution in [3.63, 3.8) is 0 Å². The average molecular weight is 605 g/mol. The second-order valence-corrected chi connectivity index (χ2v) is 10.3. The van der Waals surface area contributed by atoms with Crippen LogP contribution >= 0.6 is 24.8 Å². The number of ether oxygens (including phenoxy) is 2. The maximum Gasteiger partial charge on any atom is 0.242 e. The summed E-state index contributed by atoms with van der Waals surface area (Å²) in [6.07, 6.45) is 5.17. The van der Waals surface area contributed by atoms with Crippen molar-refractivity contribution in [3.8, 4) is 11.5 Å². The third kappa shape index (κ3) is 7.83. The van der Waals surface area contributed by atoms with Gasteiger partial charge in [0.05, 0.1) is 16.9 Å². The number of carbonyl (C=O) groups excluding carboxylic acids is 1. The van der Waals surface area contributed by atoms with Gasteiger partial charge in [-0.1, -0.05) is 0 Å². The van der Waals surface area contributed by atoms with E-state index in [1.807, 2.05) is 46.7 Å². The minimum absolute atomic E-state index is 0. The van der Waals surface area contributed by atoms with Gasteiger partial charge in [0.2, 0.25) is 5.91 Å². The number of amidine groups is 2. The summed E-state index contributed by atoms with van der Waals surface area (Å²) in [5, 5.41) is 15.6. The van der Waals surface area contributed by atoms with Gasteiger partial charge in [-0.25, -0.2) is 4.98 Å². The van der Waals surface area contributed by atoms with Gasteiger partial charge in [-0.15, -0.1) is 24.8 Å². The highest BCUT2D eigenvalue weighted by Crippen LogP contribution is 2.24. The van der Waals surface area contributed by atoms with Crippen LogP contribution in [0.25, 0.3) is 11.0 Å². The molecule has 41 heavy (non-hydrogen) atoms. The van der Waals surface area contributed by atoms with E-state index < -0.39 is 0 Å². The molecule has 222 valence electrons. The maximum atomic E-state index is 13.1. The van der Waals surface area contributed by atoms with Gasteiger partial charge in [-0.05, 0) is 68.7 Å². The average Bonchev–Trinajstić information content (AvgIpc) is 3.29. The van der Waals surface area contributed by atoms with E-state index in [2.05, 4.69) is 4.90 Å². The van der Waals surface area contributed by atoms with Crippen molar-refractivity contribution in [3.05, 3.63) is 53.9 Å². The predicted octanol–water partition coefficient (Wildman–Crippen LogP) is 4.60. The number of aromatic nitrogens is 2. The molecule has 4 N–H and O–H groups in total. The first-order chi connectivity index (χ1) is 18.9. The molecule has 0 radical (unpaired) electrons. The lowest BCUT2D eigenvalue weighted by molar-refractivity contribution is -0.132. The molecule has 0 saturated carbocycles. The number of nitrogens with zero attached hydrogens (tertiary/aromatic N) is 4. The Labute approximate surface area is 253 Å². The summed E-state index contributed by atoms with van der Waals surface area (Å²) in [4.78, 5) is 21.9. The normalized spacial score (nSPS) is 15.5. The fourth-order valence-corrected chi connectivity index (χ4v) is 5.28. The minimum Gasteiger partial charge on any atom is -0.490 e. The molecule has 2 fully saturated rings. The number of fused-ring (bicyclic) bond motifs is 1. The molecule has 2 aromatic carbocycles. The number of nitrogen functional groups attached to an aromatic ring is 1. The molecule has 0 unspecified atom stereocenters. The summed E-state index contributed by atoms with van der Waals surface area (Å²) in [5.41, 5.74) is 7.79. The zero-order valence-electron chi connectivity index (χ0n) is 23.3. The second kappa shape index (κ2) is 14.4. The summed E-state index contributed by atoms with van der Waals surface area (Å²) in [6, 6.07) is 13.0. The first kappa shape index (κ1) is 32.0. The van der Waals surface area contributed by atoms with Crippen molar-refractivity contribution in [1.29, 1.82) is 10.8 Å². The summed E-state index contributed by atoms with van der Waals surface area (Å²) in [7, 11) is 0. The molecular formula is C29H39Cl2N7O3. The van der Waals surface area contributed by atoms with Gasteiger partial charge in [0.25, 0.3) is 0 Å². The highest BCUT2D eigenvalue weighted by Gasteiger charge is 2.22. The standard InChI is InChI=1S/C29H37N7O3.2ClH/c1-20(30)34-15-11-24(12-16-34)39-23-8-6-22(7-9-23)38-19-27-33-25-17-21(29(31)32)5-10-26(25)36(27)18-28(37)35-13-3-2-4-14-35;;/h5-10,17,24,30H,2-4,11-16,18-19H2,1H3,(H3,31,32);2*1H. The summed E-state index contributed by atoms with van der Waals surface area (Å²) in [6.45, 7) is 5.48. The number of rotatable bonds is 8. The highest BCUT2D eigenvalue weighted by molar-refractivity contribution is 5.98. The van der Waals surface area contributed by atoms with E-state index >= 15 is 0 Å². The van der Waals surface area contributed by atoms with Crippen LogP contribution < -0.4 is 15.2 Å². The number of carbonyl (C=O) groups is 1. The number of hydrogen-bond acceptors (Lipinski definition) is 6. The highest BCUT2D eigenvalue weighted by atomic mass is 35.5. The van der Waals surface area contributed by atoms with Crippen LogP contribution in [0.5, 0.6) is 11.5 Å². The Morgan fingerprint density at radius 2 is 1.61 bits per heavy atom.